The van der Waals surface area contributed by atoms with Crippen LogP contribution in [-0.2, 0) is 9.88 Å². The van der Waals surface area contributed by atoms with Gasteiger partial charge in [-0.1, -0.05) is 17.8 Å². The van der Waals surface area contributed by atoms with Crippen molar-refractivity contribution in [3.63, 3.8) is 0 Å². The van der Waals surface area contributed by atoms with Crippen LogP contribution in [0.25, 0.3) is 0 Å². The van der Waals surface area contributed by atoms with Crippen molar-refractivity contribution in [2.75, 3.05) is 0 Å². The summed E-state index contributed by atoms with van der Waals surface area (Å²) in [7, 11) is 0. The van der Waals surface area contributed by atoms with Gasteiger partial charge in [0, 0.05) is 6.42 Å². The minimum absolute atomic E-state index is 1.02. The monoisotopic (exact) mass is 155 g/mol. The van der Waals surface area contributed by atoms with Gasteiger partial charge >= 0.3 is 0 Å². The lowest BCUT2D eigenvalue weighted by atomic mass is 10.0. The highest BCUT2D eigenvalue weighted by Gasteiger charge is 2.18. The summed E-state index contributed by atoms with van der Waals surface area (Å²) >= 11 is 0. The summed E-state index contributed by atoms with van der Waals surface area (Å²) in [6, 6.07) is 0. The first kappa shape index (κ1) is 6.98. The lowest BCUT2D eigenvalue weighted by Gasteiger charge is -2.06. The average molecular weight is 155 g/mol. The van der Waals surface area contributed by atoms with Crippen LogP contribution in [-0.4, -0.2) is 0 Å². The van der Waals surface area contributed by atoms with E-state index in [2.05, 4.69) is 10.5 Å². The smallest absolute Gasteiger partial charge is 0.166 e. The molecule has 3 nitrogen and oxygen atoms in total. The summed E-state index contributed by atoms with van der Waals surface area (Å²) in [5.74, 6) is 1.02. The first-order valence-electron chi connectivity index (χ1n) is 4.28. The molecule has 1 aliphatic heterocycles. The Kier molecular flexibility index (Phi) is 1.99. The van der Waals surface area contributed by atoms with Gasteiger partial charge in [0.05, 0.1) is 5.70 Å². The second kappa shape index (κ2) is 3.13. The van der Waals surface area contributed by atoms with Crippen LogP contribution in [0.4, 0.5) is 0 Å². The molecular weight excluding hydrogens is 142 g/mol. The Balaban J connectivity index is 2.05. The van der Waals surface area contributed by atoms with Crippen molar-refractivity contribution in [1.82, 2.24) is 5.48 Å². The molecule has 0 saturated heterocycles. The van der Waals surface area contributed by atoms with E-state index in [1.165, 1.54) is 25.7 Å². The van der Waals surface area contributed by atoms with Crippen LogP contribution in [0.15, 0.2) is 11.5 Å². The molecule has 0 fully saturated rings. The van der Waals surface area contributed by atoms with Crippen LogP contribution in [0.5, 0.6) is 0 Å². The maximum atomic E-state index is 4.96. The lowest BCUT2D eigenvalue weighted by molar-refractivity contribution is -0.277. The van der Waals surface area contributed by atoms with Gasteiger partial charge in [-0.3, -0.25) is 0 Å². The summed E-state index contributed by atoms with van der Waals surface area (Å²) in [6.07, 6.45) is 7.23. The summed E-state index contributed by atoms with van der Waals surface area (Å²) in [5.41, 5.74) is 3.94. The highest BCUT2D eigenvalue weighted by Crippen LogP contribution is 2.25. The second-order valence-electron chi connectivity index (χ2n) is 3.08. The predicted molar refractivity (Wildman–Crippen MR) is 40.0 cm³/mol. The molecule has 1 aliphatic carbocycles. The molecule has 0 aromatic heterocycles. The van der Waals surface area contributed by atoms with Crippen molar-refractivity contribution < 1.29 is 9.88 Å². The summed E-state index contributed by atoms with van der Waals surface area (Å²) in [4.78, 5) is 9.64. The SMILES string of the molecule is C1CCCC2=C(CC1)NOO2. The van der Waals surface area contributed by atoms with Crippen LogP contribution in [0.3, 0.4) is 0 Å². The molecule has 0 atom stereocenters. The van der Waals surface area contributed by atoms with Crippen molar-refractivity contribution in [3.8, 4) is 0 Å². The van der Waals surface area contributed by atoms with Crippen molar-refractivity contribution in [3.05, 3.63) is 11.5 Å². The third kappa shape index (κ3) is 1.48. The fourth-order valence-corrected chi connectivity index (χ4v) is 1.55. The molecule has 0 aromatic carbocycles. The third-order valence-corrected chi connectivity index (χ3v) is 2.22. The molecular formula is C8H13NO2. The van der Waals surface area contributed by atoms with Gasteiger partial charge in [-0.25, -0.2) is 5.48 Å². The van der Waals surface area contributed by atoms with E-state index in [1.54, 1.807) is 0 Å². The number of hydrogen-bond acceptors (Lipinski definition) is 3. The molecule has 1 heterocycles. The van der Waals surface area contributed by atoms with Crippen LogP contribution in [0.1, 0.15) is 38.5 Å². The molecule has 1 N–H and O–H groups in total. The van der Waals surface area contributed by atoms with E-state index in [1.807, 2.05) is 0 Å². The lowest BCUT2D eigenvalue weighted by Crippen LogP contribution is -2.05. The number of rotatable bonds is 0. The summed E-state index contributed by atoms with van der Waals surface area (Å²) in [6.45, 7) is 0. The topological polar surface area (TPSA) is 30.5 Å². The van der Waals surface area contributed by atoms with Gasteiger partial charge in [0.1, 0.15) is 0 Å². The second-order valence-corrected chi connectivity index (χ2v) is 3.08. The molecule has 3 heteroatoms. The molecule has 62 valence electrons. The highest BCUT2D eigenvalue weighted by atomic mass is 17.3. The van der Waals surface area contributed by atoms with Crippen molar-refractivity contribution in [2.24, 2.45) is 0 Å². The summed E-state index contributed by atoms with van der Waals surface area (Å²) < 4.78 is 0. The minimum Gasteiger partial charge on any atom is -0.317 e. The standard InChI is InChI=1S/C8H13NO2/c1-2-4-6-8-7(5-3-1)9-11-10-8/h9H,1-6H2. The zero-order valence-electron chi connectivity index (χ0n) is 6.56. The van der Waals surface area contributed by atoms with Gasteiger partial charge in [-0.05, 0) is 19.3 Å². The minimum atomic E-state index is 1.02. The Morgan fingerprint density at radius 1 is 1.00 bits per heavy atom. The number of nitrogens with one attached hydrogen (secondary N) is 1. The van der Waals surface area contributed by atoms with E-state index in [0.29, 0.717) is 0 Å². The molecule has 0 saturated carbocycles. The van der Waals surface area contributed by atoms with Gasteiger partial charge in [0.15, 0.2) is 5.76 Å². The molecule has 2 rings (SSSR count). The molecule has 0 bridgehead atoms. The Morgan fingerprint density at radius 3 is 2.73 bits per heavy atom. The third-order valence-electron chi connectivity index (χ3n) is 2.22. The number of allylic oxidation sites excluding steroid dienone is 2. The molecule has 0 spiro atoms. The molecule has 11 heavy (non-hydrogen) atoms. The van der Waals surface area contributed by atoms with Crippen molar-refractivity contribution in [2.45, 2.75) is 38.5 Å². The van der Waals surface area contributed by atoms with Crippen LogP contribution >= 0.6 is 0 Å². The zero-order chi connectivity index (χ0) is 7.52. The first-order chi connectivity index (χ1) is 5.47. The quantitative estimate of drug-likeness (QED) is 0.543. The molecule has 0 unspecified atom stereocenters. The molecule has 2 aliphatic rings. The normalized spacial score (nSPS) is 24.7. The Labute approximate surface area is 66.3 Å². The van der Waals surface area contributed by atoms with Gasteiger partial charge in [-0.2, -0.15) is 0 Å². The van der Waals surface area contributed by atoms with Gasteiger partial charge in [0.2, 0.25) is 0 Å². The summed E-state index contributed by atoms with van der Waals surface area (Å²) in [5, 5.41) is 0. The van der Waals surface area contributed by atoms with E-state index in [0.717, 1.165) is 24.3 Å². The first-order valence-corrected chi connectivity index (χ1v) is 4.28. The molecule has 0 amide bonds. The van der Waals surface area contributed by atoms with Crippen molar-refractivity contribution >= 4 is 0 Å². The van der Waals surface area contributed by atoms with Crippen molar-refractivity contribution in [1.29, 1.82) is 0 Å². The largest absolute Gasteiger partial charge is 0.317 e. The van der Waals surface area contributed by atoms with E-state index < -0.39 is 0 Å². The van der Waals surface area contributed by atoms with Crippen LogP contribution in [0.2, 0.25) is 0 Å². The van der Waals surface area contributed by atoms with E-state index in [-0.39, 0.29) is 0 Å². The number of hydrogen-bond donors (Lipinski definition) is 1. The van der Waals surface area contributed by atoms with E-state index in [9.17, 15) is 0 Å². The fraction of sp³-hybridized carbons (Fsp3) is 0.750. The zero-order valence-corrected chi connectivity index (χ0v) is 6.56. The maximum Gasteiger partial charge on any atom is 0.166 e. The highest BCUT2D eigenvalue weighted by molar-refractivity contribution is 5.07. The van der Waals surface area contributed by atoms with Crippen LogP contribution < -0.4 is 5.48 Å². The van der Waals surface area contributed by atoms with E-state index >= 15 is 0 Å². The van der Waals surface area contributed by atoms with Gasteiger partial charge in [0.25, 0.3) is 0 Å². The average Bonchev–Trinajstić information content (AvgIpc) is 2.35. The molecule has 0 radical (unpaired) electrons. The Morgan fingerprint density at radius 2 is 1.82 bits per heavy atom. The van der Waals surface area contributed by atoms with Crippen LogP contribution in [0, 0.1) is 0 Å². The number of hydroxylamine groups is 1. The van der Waals surface area contributed by atoms with Gasteiger partial charge < -0.3 is 4.89 Å². The maximum absolute atomic E-state index is 4.96. The fourth-order valence-electron chi connectivity index (χ4n) is 1.55. The molecule has 0 aromatic rings. The Hall–Kier alpha value is -0.700. The predicted octanol–water partition coefficient (Wildman–Crippen LogP) is 2.02. The van der Waals surface area contributed by atoms with Gasteiger partial charge in [-0.15, -0.1) is 0 Å². The van der Waals surface area contributed by atoms with E-state index in [4.69, 9.17) is 4.89 Å². The Bertz CT molecular complexity index is 159.